The van der Waals surface area contributed by atoms with E-state index in [1.54, 1.807) is 17.6 Å². The van der Waals surface area contributed by atoms with E-state index >= 15 is 0 Å². The summed E-state index contributed by atoms with van der Waals surface area (Å²) in [7, 11) is 0. The highest BCUT2D eigenvalue weighted by atomic mass is 79.9. The van der Waals surface area contributed by atoms with E-state index in [4.69, 9.17) is 4.74 Å². The zero-order chi connectivity index (χ0) is 14.2. The Morgan fingerprint density at radius 1 is 1.53 bits per heavy atom. The van der Waals surface area contributed by atoms with Gasteiger partial charge in [-0.3, -0.25) is 0 Å². The molecule has 0 bridgehead atoms. The van der Waals surface area contributed by atoms with Crippen molar-refractivity contribution in [1.82, 2.24) is 9.55 Å². The van der Waals surface area contributed by atoms with Gasteiger partial charge in [0.1, 0.15) is 5.52 Å². The van der Waals surface area contributed by atoms with Gasteiger partial charge in [-0.1, -0.05) is 15.9 Å². The molecular weight excluding hydrogens is 315 g/mol. The lowest BCUT2D eigenvalue weighted by Crippen LogP contribution is -2.14. The highest BCUT2D eigenvalue weighted by molar-refractivity contribution is 9.10. The number of hydrogen-bond donors (Lipinski definition) is 0. The topological polar surface area (TPSA) is 44.1 Å². The number of hydrogen-bond acceptors (Lipinski definition) is 3. The lowest BCUT2D eigenvalue weighted by Gasteiger charge is -2.12. The third-order valence-corrected chi connectivity index (χ3v) is 3.15. The second-order valence-corrected chi connectivity index (χ2v) is 5.29. The first-order chi connectivity index (χ1) is 8.95. The number of carbonyl (C=O) groups is 1. The molecule has 2 aromatic rings. The second-order valence-electron chi connectivity index (χ2n) is 4.37. The number of benzene rings is 1. The molecule has 1 aromatic carbocycles. The van der Waals surface area contributed by atoms with Crippen LogP contribution in [0.5, 0.6) is 0 Å². The third kappa shape index (κ3) is 2.49. The lowest BCUT2D eigenvalue weighted by molar-refractivity contribution is 0.0505. The fourth-order valence-corrected chi connectivity index (χ4v) is 2.40. The van der Waals surface area contributed by atoms with Crippen molar-refractivity contribution in [3.8, 4) is 0 Å². The van der Waals surface area contributed by atoms with Gasteiger partial charge >= 0.3 is 5.97 Å². The maximum Gasteiger partial charge on any atom is 0.374 e. The Morgan fingerprint density at radius 2 is 2.21 bits per heavy atom. The average Bonchev–Trinajstić information content (AvgIpc) is 2.68. The van der Waals surface area contributed by atoms with Crippen LogP contribution in [0.15, 0.2) is 16.6 Å². The molecule has 0 fully saturated rings. The van der Waals surface area contributed by atoms with Crippen LogP contribution < -0.4 is 0 Å². The van der Waals surface area contributed by atoms with Crippen LogP contribution in [0.1, 0.15) is 37.4 Å². The smallest absolute Gasteiger partial charge is 0.374 e. The predicted octanol–water partition coefficient (Wildman–Crippen LogP) is 3.70. The zero-order valence-corrected chi connectivity index (χ0v) is 12.5. The van der Waals surface area contributed by atoms with Gasteiger partial charge < -0.3 is 9.30 Å². The molecule has 0 aliphatic rings. The Labute approximate surface area is 118 Å². The molecule has 0 N–H and O–H groups in total. The average molecular weight is 329 g/mol. The van der Waals surface area contributed by atoms with Crippen molar-refractivity contribution in [3.05, 3.63) is 28.2 Å². The molecule has 1 aromatic heterocycles. The first-order valence-electron chi connectivity index (χ1n) is 5.99. The molecule has 0 amide bonds. The number of halogens is 2. The molecule has 2 rings (SSSR count). The number of aromatic nitrogens is 2. The number of imidazole rings is 1. The van der Waals surface area contributed by atoms with Gasteiger partial charge in [-0.25, -0.2) is 14.2 Å². The molecular formula is C13H14BrFN2O2. The third-order valence-electron chi connectivity index (χ3n) is 2.69. The van der Waals surface area contributed by atoms with Gasteiger partial charge in [-0.05, 0) is 32.9 Å². The van der Waals surface area contributed by atoms with Gasteiger partial charge in [0.25, 0.3) is 0 Å². The van der Waals surface area contributed by atoms with Crippen LogP contribution in [0, 0.1) is 5.82 Å². The van der Waals surface area contributed by atoms with Gasteiger partial charge in [-0.2, -0.15) is 0 Å². The Bertz CT molecular complexity index is 637. The summed E-state index contributed by atoms with van der Waals surface area (Å²) in [6, 6.07) is 3.04. The summed E-state index contributed by atoms with van der Waals surface area (Å²) >= 11 is 3.25. The van der Waals surface area contributed by atoms with Gasteiger partial charge in [0.2, 0.25) is 5.82 Å². The van der Waals surface area contributed by atoms with E-state index in [1.165, 1.54) is 6.07 Å². The van der Waals surface area contributed by atoms with Crippen LogP contribution >= 0.6 is 15.9 Å². The minimum absolute atomic E-state index is 0.0295. The molecule has 0 aliphatic heterocycles. The van der Waals surface area contributed by atoms with E-state index in [-0.39, 0.29) is 24.0 Å². The van der Waals surface area contributed by atoms with Crippen molar-refractivity contribution in [1.29, 1.82) is 0 Å². The highest BCUT2D eigenvalue weighted by Crippen LogP contribution is 2.27. The van der Waals surface area contributed by atoms with Crippen LogP contribution in [0.25, 0.3) is 11.0 Å². The highest BCUT2D eigenvalue weighted by Gasteiger charge is 2.22. The number of rotatable bonds is 3. The molecule has 0 atom stereocenters. The van der Waals surface area contributed by atoms with E-state index in [9.17, 15) is 9.18 Å². The van der Waals surface area contributed by atoms with Crippen LogP contribution in [-0.2, 0) is 4.74 Å². The van der Waals surface area contributed by atoms with Crippen molar-refractivity contribution in [3.63, 3.8) is 0 Å². The van der Waals surface area contributed by atoms with E-state index in [2.05, 4.69) is 20.9 Å². The van der Waals surface area contributed by atoms with Crippen molar-refractivity contribution < 1.29 is 13.9 Å². The van der Waals surface area contributed by atoms with Gasteiger partial charge in [0, 0.05) is 10.5 Å². The molecule has 4 nitrogen and oxygen atoms in total. The summed E-state index contributed by atoms with van der Waals surface area (Å²) in [6.07, 6.45) is 0. The summed E-state index contributed by atoms with van der Waals surface area (Å²) in [6.45, 7) is 5.79. The molecule has 102 valence electrons. The van der Waals surface area contributed by atoms with Crippen molar-refractivity contribution in [2.75, 3.05) is 6.61 Å². The largest absolute Gasteiger partial charge is 0.460 e. The van der Waals surface area contributed by atoms with Gasteiger partial charge in [0.15, 0.2) is 5.82 Å². The molecule has 0 radical (unpaired) electrons. The van der Waals surface area contributed by atoms with Gasteiger partial charge in [0.05, 0.1) is 12.1 Å². The summed E-state index contributed by atoms with van der Waals surface area (Å²) in [4.78, 5) is 16.0. The Kier molecular flexibility index (Phi) is 3.89. The summed E-state index contributed by atoms with van der Waals surface area (Å²) in [5, 5.41) is 0. The van der Waals surface area contributed by atoms with E-state index in [0.717, 1.165) is 0 Å². The fourth-order valence-electron chi connectivity index (χ4n) is 1.98. The van der Waals surface area contributed by atoms with Crippen LogP contribution in [-0.4, -0.2) is 22.1 Å². The van der Waals surface area contributed by atoms with E-state index < -0.39 is 11.8 Å². The Hall–Kier alpha value is -1.43. The molecule has 0 saturated heterocycles. The minimum Gasteiger partial charge on any atom is -0.460 e. The van der Waals surface area contributed by atoms with Crippen molar-refractivity contribution >= 4 is 32.9 Å². The quantitative estimate of drug-likeness (QED) is 0.807. The number of ether oxygens (including phenoxy) is 1. The first-order valence-corrected chi connectivity index (χ1v) is 6.79. The maximum atomic E-state index is 13.9. The number of carbonyl (C=O) groups excluding carboxylic acids is 1. The summed E-state index contributed by atoms with van der Waals surface area (Å²) < 4.78 is 21.1. The lowest BCUT2D eigenvalue weighted by atomic mass is 10.3. The Morgan fingerprint density at radius 3 is 2.79 bits per heavy atom. The van der Waals surface area contributed by atoms with E-state index in [1.807, 2.05) is 13.8 Å². The predicted molar refractivity (Wildman–Crippen MR) is 73.7 cm³/mol. The number of esters is 1. The fraction of sp³-hybridized carbons (Fsp3) is 0.385. The monoisotopic (exact) mass is 328 g/mol. The normalized spacial score (nSPS) is 11.3. The van der Waals surface area contributed by atoms with Crippen LogP contribution in [0.2, 0.25) is 0 Å². The second kappa shape index (κ2) is 5.28. The molecule has 0 saturated carbocycles. The molecule has 1 heterocycles. The van der Waals surface area contributed by atoms with Crippen molar-refractivity contribution in [2.45, 2.75) is 26.8 Å². The number of nitrogens with zero attached hydrogens (tertiary/aromatic N) is 2. The summed E-state index contributed by atoms with van der Waals surface area (Å²) in [5.74, 6) is -0.874. The molecule has 0 spiro atoms. The van der Waals surface area contributed by atoms with Gasteiger partial charge in [-0.15, -0.1) is 0 Å². The van der Waals surface area contributed by atoms with Crippen LogP contribution in [0.3, 0.4) is 0 Å². The number of fused-ring (bicyclic) bond motifs is 1. The zero-order valence-electron chi connectivity index (χ0n) is 10.9. The summed E-state index contributed by atoms with van der Waals surface area (Å²) in [5.41, 5.74) is 0.755. The van der Waals surface area contributed by atoms with E-state index in [0.29, 0.717) is 9.99 Å². The van der Waals surface area contributed by atoms with Crippen LogP contribution in [0.4, 0.5) is 4.39 Å². The first kappa shape index (κ1) is 14.0. The molecule has 19 heavy (non-hydrogen) atoms. The molecule has 6 heteroatoms. The maximum absolute atomic E-state index is 13.9. The minimum atomic E-state index is -0.539. The Balaban J connectivity index is 2.74. The molecule has 0 unspecified atom stereocenters. The molecule has 0 aliphatic carbocycles. The SMILES string of the molecule is CCOC(=O)c1nc2c(F)cc(Br)cc2n1C(C)C. The van der Waals surface area contributed by atoms with Crippen molar-refractivity contribution in [2.24, 2.45) is 0 Å². The standard InChI is InChI=1S/C13H14BrFN2O2/c1-4-19-13(18)12-16-11-9(15)5-8(14)6-10(11)17(12)7(2)3/h5-7H,4H2,1-3H3.